The SMILES string of the molecule is COC(=O)[C@@H](NC(=O)c1ccccc1)[C@@H](O)C(C)C. The number of methoxy groups -OCH3 is 1. The van der Waals surface area contributed by atoms with Gasteiger partial charge in [0.2, 0.25) is 0 Å². The predicted octanol–water partition coefficient (Wildman–Crippen LogP) is 0.975. The second-order valence-corrected chi connectivity index (χ2v) is 4.57. The molecule has 0 saturated heterocycles. The fraction of sp³-hybridized carbons (Fsp3) is 0.429. The van der Waals surface area contributed by atoms with E-state index in [1.165, 1.54) is 7.11 Å². The van der Waals surface area contributed by atoms with Gasteiger partial charge in [0.15, 0.2) is 6.04 Å². The standard InChI is InChI=1S/C14H19NO4/c1-9(2)12(16)11(14(18)19-3)15-13(17)10-7-5-4-6-8-10/h4-9,11-12,16H,1-3H3,(H,15,17)/t11-,12-/m0/s1. The van der Waals surface area contributed by atoms with E-state index in [9.17, 15) is 14.7 Å². The highest BCUT2D eigenvalue weighted by molar-refractivity contribution is 5.96. The molecule has 0 fully saturated rings. The average Bonchev–Trinajstić information content (AvgIpc) is 2.43. The van der Waals surface area contributed by atoms with E-state index in [0.717, 1.165) is 0 Å². The summed E-state index contributed by atoms with van der Waals surface area (Å²) in [6.07, 6.45) is -1.000. The summed E-state index contributed by atoms with van der Waals surface area (Å²) in [6.45, 7) is 3.52. The molecule has 0 radical (unpaired) electrons. The fourth-order valence-electron chi connectivity index (χ4n) is 1.61. The van der Waals surface area contributed by atoms with Crippen LogP contribution in [0.4, 0.5) is 0 Å². The zero-order valence-electron chi connectivity index (χ0n) is 11.3. The highest BCUT2D eigenvalue weighted by atomic mass is 16.5. The zero-order chi connectivity index (χ0) is 14.4. The van der Waals surface area contributed by atoms with Crippen molar-refractivity contribution in [1.82, 2.24) is 5.32 Å². The topological polar surface area (TPSA) is 75.6 Å². The molecular formula is C14H19NO4. The molecule has 0 unspecified atom stereocenters. The molecule has 1 aromatic rings. The molecule has 5 heteroatoms. The number of amides is 1. The van der Waals surface area contributed by atoms with Crippen molar-refractivity contribution in [2.45, 2.75) is 26.0 Å². The van der Waals surface area contributed by atoms with Gasteiger partial charge in [0.25, 0.3) is 5.91 Å². The minimum atomic E-state index is -1.07. The number of benzene rings is 1. The maximum Gasteiger partial charge on any atom is 0.331 e. The fourth-order valence-corrected chi connectivity index (χ4v) is 1.61. The van der Waals surface area contributed by atoms with Crippen LogP contribution in [0.2, 0.25) is 0 Å². The van der Waals surface area contributed by atoms with Gasteiger partial charge in [0.1, 0.15) is 0 Å². The summed E-state index contributed by atoms with van der Waals surface area (Å²) >= 11 is 0. The Morgan fingerprint density at radius 1 is 1.21 bits per heavy atom. The Morgan fingerprint density at radius 3 is 2.26 bits per heavy atom. The average molecular weight is 265 g/mol. The molecule has 5 nitrogen and oxygen atoms in total. The molecule has 2 N–H and O–H groups in total. The van der Waals surface area contributed by atoms with E-state index >= 15 is 0 Å². The van der Waals surface area contributed by atoms with Crippen molar-refractivity contribution in [2.24, 2.45) is 5.92 Å². The van der Waals surface area contributed by atoms with Gasteiger partial charge in [0, 0.05) is 5.56 Å². The van der Waals surface area contributed by atoms with E-state index in [-0.39, 0.29) is 5.92 Å². The van der Waals surface area contributed by atoms with Crippen molar-refractivity contribution in [2.75, 3.05) is 7.11 Å². The minimum Gasteiger partial charge on any atom is -0.467 e. The smallest absolute Gasteiger partial charge is 0.331 e. The molecule has 0 aliphatic carbocycles. The Kier molecular flexibility index (Phi) is 5.51. The van der Waals surface area contributed by atoms with Gasteiger partial charge >= 0.3 is 5.97 Å². The molecule has 19 heavy (non-hydrogen) atoms. The van der Waals surface area contributed by atoms with Crippen LogP contribution in [0, 0.1) is 5.92 Å². The molecule has 104 valence electrons. The van der Waals surface area contributed by atoms with Crippen molar-refractivity contribution in [3.8, 4) is 0 Å². The number of ether oxygens (including phenoxy) is 1. The van der Waals surface area contributed by atoms with Crippen LogP contribution < -0.4 is 5.32 Å². The summed E-state index contributed by atoms with van der Waals surface area (Å²) in [5, 5.41) is 12.5. The van der Waals surface area contributed by atoms with E-state index in [2.05, 4.69) is 10.1 Å². The summed E-state index contributed by atoms with van der Waals surface area (Å²) < 4.78 is 4.61. The summed E-state index contributed by atoms with van der Waals surface area (Å²) in [5.41, 5.74) is 0.423. The molecule has 1 amide bonds. The second kappa shape index (κ2) is 6.89. The maximum atomic E-state index is 12.0. The van der Waals surface area contributed by atoms with Gasteiger partial charge in [-0.1, -0.05) is 32.0 Å². The summed E-state index contributed by atoms with van der Waals surface area (Å²) in [4.78, 5) is 23.6. The van der Waals surface area contributed by atoms with Crippen LogP contribution in [-0.4, -0.2) is 36.2 Å². The minimum absolute atomic E-state index is 0.180. The number of nitrogens with one attached hydrogen (secondary N) is 1. The van der Waals surface area contributed by atoms with Gasteiger partial charge in [-0.05, 0) is 18.1 Å². The van der Waals surface area contributed by atoms with E-state index in [1.54, 1.807) is 44.2 Å². The molecule has 0 heterocycles. The second-order valence-electron chi connectivity index (χ2n) is 4.57. The van der Waals surface area contributed by atoms with E-state index in [1.807, 2.05) is 0 Å². The largest absolute Gasteiger partial charge is 0.467 e. The first-order valence-corrected chi connectivity index (χ1v) is 6.09. The summed E-state index contributed by atoms with van der Waals surface area (Å²) in [6, 6.07) is 7.42. The summed E-state index contributed by atoms with van der Waals surface area (Å²) in [7, 11) is 1.22. The van der Waals surface area contributed by atoms with Crippen LogP contribution in [-0.2, 0) is 9.53 Å². The van der Waals surface area contributed by atoms with E-state index in [4.69, 9.17) is 0 Å². The van der Waals surface area contributed by atoms with Crippen LogP contribution in [0.5, 0.6) is 0 Å². The Bertz CT molecular complexity index is 430. The first kappa shape index (κ1) is 15.2. The third-order valence-electron chi connectivity index (χ3n) is 2.80. The van der Waals surface area contributed by atoms with Gasteiger partial charge in [0.05, 0.1) is 13.2 Å². The van der Waals surface area contributed by atoms with Crippen molar-refractivity contribution in [1.29, 1.82) is 0 Å². The van der Waals surface area contributed by atoms with Crippen molar-refractivity contribution < 1.29 is 19.4 Å². The van der Waals surface area contributed by atoms with Gasteiger partial charge in [-0.25, -0.2) is 4.79 Å². The number of hydrogen-bond donors (Lipinski definition) is 2. The number of hydrogen-bond acceptors (Lipinski definition) is 4. The molecule has 0 bridgehead atoms. The highest BCUT2D eigenvalue weighted by Gasteiger charge is 2.31. The first-order valence-electron chi connectivity index (χ1n) is 6.09. The van der Waals surface area contributed by atoms with Gasteiger partial charge in [-0.3, -0.25) is 4.79 Å². The van der Waals surface area contributed by atoms with Crippen LogP contribution >= 0.6 is 0 Å². The lowest BCUT2D eigenvalue weighted by molar-refractivity contribution is -0.146. The zero-order valence-corrected chi connectivity index (χ0v) is 11.3. The lowest BCUT2D eigenvalue weighted by Crippen LogP contribution is -2.51. The van der Waals surface area contributed by atoms with Crippen molar-refractivity contribution >= 4 is 11.9 Å². The number of esters is 1. The van der Waals surface area contributed by atoms with E-state index < -0.39 is 24.0 Å². The van der Waals surface area contributed by atoms with Crippen LogP contribution in [0.15, 0.2) is 30.3 Å². The number of rotatable bonds is 5. The molecule has 0 spiro atoms. The van der Waals surface area contributed by atoms with Crippen molar-refractivity contribution in [3.63, 3.8) is 0 Å². The first-order chi connectivity index (χ1) is 8.97. The molecule has 0 saturated carbocycles. The normalized spacial score (nSPS) is 13.7. The number of carbonyl (C=O) groups is 2. The lowest BCUT2D eigenvalue weighted by Gasteiger charge is -2.24. The van der Waals surface area contributed by atoms with Gasteiger partial charge < -0.3 is 15.2 Å². The van der Waals surface area contributed by atoms with Crippen LogP contribution in [0.1, 0.15) is 24.2 Å². The predicted molar refractivity (Wildman–Crippen MR) is 70.6 cm³/mol. The molecule has 0 aliphatic heterocycles. The van der Waals surface area contributed by atoms with Crippen molar-refractivity contribution in [3.05, 3.63) is 35.9 Å². The molecule has 1 rings (SSSR count). The Morgan fingerprint density at radius 2 is 1.79 bits per heavy atom. The molecule has 1 aromatic carbocycles. The van der Waals surface area contributed by atoms with Gasteiger partial charge in [-0.15, -0.1) is 0 Å². The number of carbonyl (C=O) groups excluding carboxylic acids is 2. The quantitative estimate of drug-likeness (QED) is 0.778. The molecular weight excluding hydrogens is 246 g/mol. The number of aliphatic hydroxyl groups excluding tert-OH is 1. The third-order valence-corrected chi connectivity index (χ3v) is 2.80. The maximum absolute atomic E-state index is 12.0. The Balaban J connectivity index is 2.84. The molecule has 2 atom stereocenters. The molecule has 0 aromatic heterocycles. The van der Waals surface area contributed by atoms with Crippen LogP contribution in [0.25, 0.3) is 0 Å². The lowest BCUT2D eigenvalue weighted by atomic mass is 9.99. The number of aliphatic hydroxyl groups is 1. The highest BCUT2D eigenvalue weighted by Crippen LogP contribution is 2.09. The van der Waals surface area contributed by atoms with Gasteiger partial charge in [-0.2, -0.15) is 0 Å². The third kappa shape index (κ3) is 4.06. The van der Waals surface area contributed by atoms with E-state index in [0.29, 0.717) is 5.56 Å². The Labute approximate surface area is 112 Å². The van der Waals surface area contributed by atoms with Crippen LogP contribution in [0.3, 0.4) is 0 Å². The Hall–Kier alpha value is -1.88. The summed E-state index contributed by atoms with van der Waals surface area (Å²) in [5.74, 6) is -1.26. The molecule has 0 aliphatic rings. The monoisotopic (exact) mass is 265 g/mol.